The van der Waals surface area contributed by atoms with Crippen molar-refractivity contribution in [2.24, 2.45) is 11.7 Å². The molecule has 3 rings (SSSR count). The third kappa shape index (κ3) is 4.41. The van der Waals surface area contributed by atoms with Gasteiger partial charge >= 0.3 is 12.1 Å². The van der Waals surface area contributed by atoms with Gasteiger partial charge in [-0.05, 0) is 25.0 Å². The van der Waals surface area contributed by atoms with Crippen LogP contribution < -0.4 is 5.73 Å². The Kier molecular flexibility index (Phi) is 6.20. The number of rotatable bonds is 5. The number of hydrogen-bond acceptors (Lipinski definition) is 5. The van der Waals surface area contributed by atoms with Crippen molar-refractivity contribution in [2.75, 3.05) is 6.54 Å². The third-order valence-corrected chi connectivity index (χ3v) is 5.27. The fourth-order valence-corrected chi connectivity index (χ4v) is 3.61. The van der Waals surface area contributed by atoms with Gasteiger partial charge in [-0.1, -0.05) is 60.2 Å². The number of carbonyl (C=O) groups is 2. The van der Waals surface area contributed by atoms with Crippen LogP contribution >= 0.6 is 11.6 Å². The van der Waals surface area contributed by atoms with E-state index in [2.05, 4.69) is 4.98 Å². The summed E-state index contributed by atoms with van der Waals surface area (Å²) in [7, 11) is 0. The normalized spacial score (nSPS) is 21.5. The maximum Gasteiger partial charge on any atom is 0.409 e. The summed E-state index contributed by atoms with van der Waals surface area (Å²) in [6.07, 6.45) is 2.52. The van der Waals surface area contributed by atoms with E-state index in [1.807, 2.05) is 43.3 Å². The lowest BCUT2D eigenvalue weighted by Gasteiger charge is -2.33. The molecule has 0 bridgehead atoms. The van der Waals surface area contributed by atoms with E-state index >= 15 is 0 Å². The molecule has 1 fully saturated rings. The zero-order chi connectivity index (χ0) is 21.0. The lowest BCUT2D eigenvalue weighted by atomic mass is 9.93. The molecule has 1 amide bonds. The number of amides is 1. The van der Waals surface area contributed by atoms with Gasteiger partial charge in [-0.25, -0.2) is 14.6 Å². The predicted molar refractivity (Wildman–Crippen MR) is 109 cm³/mol. The quantitative estimate of drug-likeness (QED) is 0.572. The van der Waals surface area contributed by atoms with Gasteiger partial charge in [0, 0.05) is 23.7 Å². The average Bonchev–Trinajstić information content (AvgIpc) is 3.04. The summed E-state index contributed by atoms with van der Waals surface area (Å²) >= 11 is 6.16. The number of esters is 1. The summed E-state index contributed by atoms with van der Waals surface area (Å²) in [5, 5.41) is 9.87. The summed E-state index contributed by atoms with van der Waals surface area (Å²) in [6, 6.07) is 12.7. The Bertz CT molecular complexity index is 935. The highest BCUT2D eigenvalue weighted by Gasteiger charge is 2.54. The van der Waals surface area contributed by atoms with Gasteiger partial charge in [-0.2, -0.15) is 0 Å². The van der Waals surface area contributed by atoms with Crippen molar-refractivity contribution < 1.29 is 19.4 Å². The molecular formula is C21H22ClN3O4. The SMILES string of the molecule is Cc1ccc(/C=C\C2CCN(C(=O)O)C2(N)C(=O)OCc2ccccc2)c(Cl)n1. The number of pyridine rings is 1. The highest BCUT2D eigenvalue weighted by molar-refractivity contribution is 6.30. The molecule has 2 aromatic rings. The van der Waals surface area contributed by atoms with Crippen molar-refractivity contribution in [3.05, 3.63) is 70.5 Å². The van der Waals surface area contributed by atoms with Crippen LogP contribution in [0.25, 0.3) is 6.08 Å². The van der Waals surface area contributed by atoms with Crippen molar-refractivity contribution in [1.82, 2.24) is 9.88 Å². The molecular weight excluding hydrogens is 394 g/mol. The minimum absolute atomic E-state index is 0.0101. The van der Waals surface area contributed by atoms with Gasteiger partial charge in [0.2, 0.25) is 0 Å². The van der Waals surface area contributed by atoms with Crippen LogP contribution in [0.2, 0.25) is 5.15 Å². The number of likely N-dealkylation sites (tertiary alicyclic amines) is 1. The summed E-state index contributed by atoms with van der Waals surface area (Å²) in [4.78, 5) is 29.7. The summed E-state index contributed by atoms with van der Waals surface area (Å²) in [5.41, 5.74) is 6.76. The molecule has 152 valence electrons. The van der Waals surface area contributed by atoms with Crippen LogP contribution in [0.3, 0.4) is 0 Å². The van der Waals surface area contributed by atoms with Crippen LogP contribution in [0.15, 0.2) is 48.5 Å². The van der Waals surface area contributed by atoms with E-state index in [1.165, 1.54) is 0 Å². The lowest BCUT2D eigenvalue weighted by Crippen LogP contribution is -2.63. The first-order chi connectivity index (χ1) is 13.8. The van der Waals surface area contributed by atoms with Gasteiger partial charge in [0.05, 0.1) is 0 Å². The molecule has 1 saturated heterocycles. The second-order valence-electron chi connectivity index (χ2n) is 6.91. The van der Waals surface area contributed by atoms with Crippen molar-refractivity contribution in [3.63, 3.8) is 0 Å². The van der Waals surface area contributed by atoms with Crippen molar-refractivity contribution in [3.8, 4) is 0 Å². The number of aryl methyl sites for hydroxylation is 1. The molecule has 0 aliphatic carbocycles. The molecule has 0 radical (unpaired) electrons. The van der Waals surface area contributed by atoms with Gasteiger partial charge in [0.15, 0.2) is 5.66 Å². The van der Waals surface area contributed by atoms with Gasteiger partial charge in [-0.3, -0.25) is 10.6 Å². The molecule has 0 spiro atoms. The number of ether oxygens (including phenoxy) is 1. The fraction of sp³-hybridized carbons (Fsp3) is 0.286. The molecule has 1 aliphatic heterocycles. The number of benzene rings is 1. The van der Waals surface area contributed by atoms with Gasteiger partial charge < -0.3 is 9.84 Å². The molecule has 2 heterocycles. The number of nitrogens with zero attached hydrogens (tertiary/aromatic N) is 2. The van der Waals surface area contributed by atoms with Gasteiger partial charge in [-0.15, -0.1) is 0 Å². The van der Waals surface area contributed by atoms with E-state index in [4.69, 9.17) is 22.1 Å². The molecule has 3 N–H and O–H groups in total. The highest BCUT2D eigenvalue weighted by Crippen LogP contribution is 2.34. The van der Waals surface area contributed by atoms with Crippen molar-refractivity contribution in [2.45, 2.75) is 25.6 Å². The number of hydrogen-bond donors (Lipinski definition) is 2. The minimum Gasteiger partial charge on any atom is -0.465 e. The second kappa shape index (κ2) is 8.63. The smallest absolute Gasteiger partial charge is 0.409 e. The number of nitrogens with two attached hydrogens (primary N) is 1. The molecule has 1 aliphatic rings. The maximum absolute atomic E-state index is 12.9. The van der Waals surface area contributed by atoms with Crippen LogP contribution in [-0.2, 0) is 16.1 Å². The van der Waals surface area contributed by atoms with Crippen LogP contribution in [0, 0.1) is 12.8 Å². The van der Waals surface area contributed by atoms with Gasteiger partial charge in [0.25, 0.3) is 0 Å². The van der Waals surface area contributed by atoms with E-state index in [9.17, 15) is 14.7 Å². The number of carbonyl (C=O) groups excluding carboxylic acids is 1. The molecule has 29 heavy (non-hydrogen) atoms. The van der Waals surface area contributed by atoms with E-state index < -0.39 is 23.6 Å². The molecule has 2 unspecified atom stereocenters. The predicted octanol–water partition coefficient (Wildman–Crippen LogP) is 3.45. The van der Waals surface area contributed by atoms with Crippen molar-refractivity contribution >= 4 is 29.7 Å². The Morgan fingerprint density at radius 1 is 1.34 bits per heavy atom. The lowest BCUT2D eigenvalue weighted by molar-refractivity contribution is -0.158. The molecule has 7 nitrogen and oxygen atoms in total. The van der Waals surface area contributed by atoms with Crippen molar-refractivity contribution in [1.29, 1.82) is 0 Å². The highest BCUT2D eigenvalue weighted by atomic mass is 35.5. The average molecular weight is 416 g/mol. The minimum atomic E-state index is -1.82. The van der Waals surface area contributed by atoms with E-state index in [1.54, 1.807) is 18.2 Å². The first-order valence-corrected chi connectivity index (χ1v) is 9.52. The Morgan fingerprint density at radius 3 is 2.72 bits per heavy atom. The summed E-state index contributed by atoms with van der Waals surface area (Å²) < 4.78 is 5.38. The standard InChI is InChI=1S/C21H22ClN3O4/c1-14-7-8-16(18(22)24-14)9-10-17-11-12-25(20(27)28)21(17,23)19(26)29-13-15-5-3-2-4-6-15/h2-10,17H,11-13,23H2,1H3,(H,27,28)/b10-9-. The Labute approximate surface area is 173 Å². The van der Waals surface area contributed by atoms with E-state index in [0.717, 1.165) is 16.2 Å². The Balaban J connectivity index is 1.82. The van der Waals surface area contributed by atoms with Gasteiger partial charge in [0.1, 0.15) is 11.8 Å². The monoisotopic (exact) mass is 415 g/mol. The third-order valence-electron chi connectivity index (χ3n) is 4.97. The Morgan fingerprint density at radius 2 is 2.07 bits per heavy atom. The summed E-state index contributed by atoms with van der Waals surface area (Å²) in [5.74, 6) is -1.36. The van der Waals surface area contributed by atoms with E-state index in [-0.39, 0.29) is 13.2 Å². The number of carboxylic acid groups (broad SMARTS) is 1. The maximum atomic E-state index is 12.9. The first-order valence-electron chi connectivity index (χ1n) is 9.14. The zero-order valence-corrected chi connectivity index (χ0v) is 16.7. The van der Waals surface area contributed by atoms with Crippen LogP contribution in [0.5, 0.6) is 0 Å². The molecule has 8 heteroatoms. The second-order valence-corrected chi connectivity index (χ2v) is 7.27. The molecule has 1 aromatic heterocycles. The summed E-state index contributed by atoms with van der Waals surface area (Å²) in [6.45, 7) is 1.96. The topological polar surface area (TPSA) is 106 Å². The molecule has 2 atom stereocenters. The largest absolute Gasteiger partial charge is 0.465 e. The van der Waals surface area contributed by atoms with Crippen LogP contribution in [0.1, 0.15) is 23.2 Å². The van der Waals surface area contributed by atoms with Crippen LogP contribution in [-0.4, -0.2) is 39.3 Å². The number of halogens is 1. The first kappa shape index (κ1) is 20.8. The zero-order valence-electron chi connectivity index (χ0n) is 15.9. The molecule has 0 saturated carbocycles. The van der Waals surface area contributed by atoms with E-state index in [0.29, 0.717) is 17.1 Å². The van der Waals surface area contributed by atoms with Crippen LogP contribution in [0.4, 0.5) is 4.79 Å². The number of aromatic nitrogens is 1. The fourth-order valence-electron chi connectivity index (χ4n) is 3.35. The molecule has 1 aromatic carbocycles. The Hall–Kier alpha value is -2.90.